The van der Waals surface area contributed by atoms with Crippen LogP contribution in [0.15, 0.2) is 23.1 Å². The first-order valence-corrected chi connectivity index (χ1v) is 8.50. The summed E-state index contributed by atoms with van der Waals surface area (Å²) in [7, 11) is -7.14. The fourth-order valence-electron chi connectivity index (χ4n) is 1.43. The van der Waals surface area contributed by atoms with Gasteiger partial charge in [0, 0.05) is 0 Å². The maximum absolute atomic E-state index is 11.9. The molecule has 0 radical (unpaired) electrons. The fraction of sp³-hybridized carbons (Fsp3) is 0.400. The van der Waals surface area contributed by atoms with E-state index >= 15 is 0 Å². The van der Waals surface area contributed by atoms with Gasteiger partial charge in [0.15, 0.2) is 0 Å². The van der Waals surface area contributed by atoms with Crippen LogP contribution in [0.3, 0.4) is 0 Å². The zero-order valence-corrected chi connectivity index (χ0v) is 12.5. The lowest BCUT2D eigenvalue weighted by molar-refractivity contribution is 0.355. The van der Waals surface area contributed by atoms with Gasteiger partial charge in [-0.1, -0.05) is 37.6 Å². The normalized spacial score (nSPS) is 13.8. The van der Waals surface area contributed by atoms with Crippen LogP contribution in [0.4, 0.5) is 0 Å². The second-order valence-electron chi connectivity index (χ2n) is 3.92. The first-order chi connectivity index (χ1) is 8.25. The van der Waals surface area contributed by atoms with Crippen molar-refractivity contribution >= 4 is 29.7 Å². The molecule has 102 valence electrons. The van der Waals surface area contributed by atoms with Gasteiger partial charge in [0.25, 0.3) is 10.1 Å². The third kappa shape index (κ3) is 3.80. The number of hydrogen-bond donors (Lipinski definition) is 1. The highest BCUT2D eigenvalue weighted by atomic mass is 35.5. The average Bonchev–Trinajstić information content (AvgIpc) is 2.25. The molecular weight excluding hydrogens is 299 g/mol. The molecule has 0 aliphatic carbocycles. The van der Waals surface area contributed by atoms with E-state index in [0.29, 0.717) is 5.56 Å². The summed E-state index contributed by atoms with van der Waals surface area (Å²) < 4.78 is 38.9. The Hall–Kier alpha value is -0.390. The monoisotopic (exact) mass is 312 g/mol. The van der Waals surface area contributed by atoms with Gasteiger partial charge in [0.1, 0.15) is 11.2 Å². The summed E-state index contributed by atoms with van der Waals surface area (Å²) in [5, 5.41) is 0.0406. The largest absolute Gasteiger partial charge is 0.345 e. The van der Waals surface area contributed by atoms with Crippen LogP contribution in [0.5, 0.6) is 0 Å². The van der Waals surface area contributed by atoms with Gasteiger partial charge in [0.05, 0.1) is 5.02 Å². The fourth-order valence-corrected chi connectivity index (χ4v) is 3.94. The highest BCUT2D eigenvalue weighted by Crippen LogP contribution is 2.32. The van der Waals surface area contributed by atoms with E-state index in [1.807, 2.05) is 13.8 Å². The molecular formula is C10H14ClO5PS. The predicted octanol–water partition coefficient (Wildman–Crippen LogP) is 2.59. The maximum atomic E-state index is 11.9. The van der Waals surface area contributed by atoms with Crippen molar-refractivity contribution in [3.63, 3.8) is 0 Å². The molecule has 0 fully saturated rings. The Morgan fingerprint density at radius 1 is 1.44 bits per heavy atom. The molecule has 0 aromatic heterocycles. The molecule has 5 nitrogen and oxygen atoms in total. The molecule has 1 aromatic carbocycles. The van der Waals surface area contributed by atoms with Crippen LogP contribution in [0, 0.1) is 0 Å². The zero-order chi connectivity index (χ0) is 13.9. The molecule has 1 N–H and O–H groups in total. The minimum absolute atomic E-state index is 0.0406. The molecule has 0 amide bonds. The predicted molar refractivity (Wildman–Crippen MR) is 69.9 cm³/mol. The molecule has 0 heterocycles. The lowest BCUT2D eigenvalue weighted by Gasteiger charge is -2.14. The molecule has 1 atom stereocenters. The van der Waals surface area contributed by atoms with Crippen molar-refractivity contribution in [2.24, 2.45) is 0 Å². The van der Waals surface area contributed by atoms with E-state index in [2.05, 4.69) is 4.18 Å². The highest BCUT2D eigenvalue weighted by molar-refractivity contribution is 7.87. The van der Waals surface area contributed by atoms with Crippen molar-refractivity contribution in [2.45, 2.75) is 24.7 Å². The average molecular weight is 313 g/mol. The summed E-state index contributed by atoms with van der Waals surface area (Å²) in [5.41, 5.74) is 0.514. The van der Waals surface area contributed by atoms with Crippen molar-refractivity contribution in [2.75, 3.05) is 6.35 Å². The lowest BCUT2D eigenvalue weighted by atomic mass is 10.0. The SMILES string of the molecule is CC(C)c1cccc(Cl)c1S(=O)(=O)OC[PH](=O)O. The Labute approximate surface area is 112 Å². The summed E-state index contributed by atoms with van der Waals surface area (Å²) in [4.78, 5) is 8.50. The Bertz CT molecular complexity index is 555. The summed E-state index contributed by atoms with van der Waals surface area (Å²) >= 11 is 5.88. The van der Waals surface area contributed by atoms with Gasteiger partial charge in [-0.25, -0.2) is 0 Å². The van der Waals surface area contributed by atoms with Crippen LogP contribution in [0.2, 0.25) is 5.02 Å². The van der Waals surface area contributed by atoms with E-state index in [-0.39, 0.29) is 15.8 Å². The minimum Gasteiger partial charge on any atom is -0.345 e. The van der Waals surface area contributed by atoms with Gasteiger partial charge in [0.2, 0.25) is 8.03 Å². The number of benzene rings is 1. The topological polar surface area (TPSA) is 80.7 Å². The van der Waals surface area contributed by atoms with Crippen molar-refractivity contribution in [3.8, 4) is 0 Å². The van der Waals surface area contributed by atoms with E-state index in [0.717, 1.165) is 0 Å². The zero-order valence-electron chi connectivity index (χ0n) is 9.88. The van der Waals surface area contributed by atoms with Crippen LogP contribution in [0.1, 0.15) is 25.3 Å². The molecule has 0 aliphatic heterocycles. The molecule has 1 rings (SSSR count). The van der Waals surface area contributed by atoms with Crippen molar-refractivity contribution in [1.82, 2.24) is 0 Å². The lowest BCUT2D eigenvalue weighted by Crippen LogP contribution is -2.10. The van der Waals surface area contributed by atoms with E-state index in [1.165, 1.54) is 6.07 Å². The van der Waals surface area contributed by atoms with E-state index in [4.69, 9.17) is 16.5 Å². The Morgan fingerprint density at radius 2 is 2.06 bits per heavy atom. The third-order valence-corrected chi connectivity index (χ3v) is 4.62. The smallest absolute Gasteiger partial charge is 0.299 e. The summed E-state index contributed by atoms with van der Waals surface area (Å²) in [6, 6.07) is 4.71. The van der Waals surface area contributed by atoms with Gasteiger partial charge in [-0.2, -0.15) is 8.42 Å². The molecule has 18 heavy (non-hydrogen) atoms. The molecule has 0 aliphatic rings. The van der Waals surface area contributed by atoms with Gasteiger partial charge in [-0.05, 0) is 17.5 Å². The Balaban J connectivity index is 3.27. The first-order valence-electron chi connectivity index (χ1n) is 5.15. The minimum atomic E-state index is -4.13. The van der Waals surface area contributed by atoms with Crippen LogP contribution in [-0.4, -0.2) is 19.7 Å². The molecule has 0 saturated heterocycles. The van der Waals surface area contributed by atoms with E-state index < -0.39 is 24.5 Å². The molecule has 8 heteroatoms. The van der Waals surface area contributed by atoms with Gasteiger partial charge in [-0.15, -0.1) is 0 Å². The van der Waals surface area contributed by atoms with Crippen molar-refractivity contribution < 1.29 is 22.1 Å². The maximum Gasteiger partial charge on any atom is 0.299 e. The van der Waals surface area contributed by atoms with Crippen LogP contribution in [0.25, 0.3) is 0 Å². The summed E-state index contributed by atoms with van der Waals surface area (Å²) in [6.07, 6.45) is -0.740. The van der Waals surface area contributed by atoms with Gasteiger partial charge in [-0.3, -0.25) is 8.75 Å². The Morgan fingerprint density at radius 3 is 2.56 bits per heavy atom. The summed E-state index contributed by atoms with van der Waals surface area (Å²) in [5.74, 6) is -0.0665. The second-order valence-corrected chi connectivity index (χ2v) is 6.96. The third-order valence-electron chi connectivity index (χ3n) is 2.21. The van der Waals surface area contributed by atoms with Crippen molar-refractivity contribution in [3.05, 3.63) is 28.8 Å². The molecule has 0 spiro atoms. The molecule has 1 aromatic rings. The molecule has 0 saturated carbocycles. The number of hydrogen-bond acceptors (Lipinski definition) is 4. The number of rotatable bonds is 5. The molecule has 1 unspecified atom stereocenters. The highest BCUT2D eigenvalue weighted by Gasteiger charge is 2.24. The van der Waals surface area contributed by atoms with Crippen LogP contribution in [-0.2, 0) is 18.9 Å². The van der Waals surface area contributed by atoms with Gasteiger partial charge >= 0.3 is 0 Å². The van der Waals surface area contributed by atoms with Gasteiger partial charge < -0.3 is 4.89 Å². The van der Waals surface area contributed by atoms with E-state index in [1.54, 1.807) is 12.1 Å². The second kappa shape index (κ2) is 6.17. The van der Waals surface area contributed by atoms with Crippen LogP contribution < -0.4 is 0 Å². The summed E-state index contributed by atoms with van der Waals surface area (Å²) in [6.45, 7) is 3.64. The molecule has 0 bridgehead atoms. The quantitative estimate of drug-likeness (QED) is 0.667. The van der Waals surface area contributed by atoms with E-state index in [9.17, 15) is 13.0 Å². The number of halogens is 1. The first kappa shape index (κ1) is 15.7. The van der Waals surface area contributed by atoms with Crippen molar-refractivity contribution in [1.29, 1.82) is 0 Å². The Kier molecular flexibility index (Phi) is 5.37. The van der Waals surface area contributed by atoms with Crippen LogP contribution >= 0.6 is 19.6 Å². The standard InChI is InChI=1S/C10H14ClO5PS/c1-7(2)8-4-3-5-9(11)10(8)18(14,15)16-6-17(12)13/h3-5,7,17H,6H2,1-2H3,(H,12,13).